The summed E-state index contributed by atoms with van der Waals surface area (Å²) in [6.07, 6.45) is -9.73. The van der Waals surface area contributed by atoms with Gasteiger partial charge in [0.1, 0.15) is 11.5 Å². The molecular weight excluding hydrogens is 376 g/mol. The van der Waals surface area contributed by atoms with Crippen LogP contribution in [0.5, 0.6) is 11.5 Å². The summed E-state index contributed by atoms with van der Waals surface area (Å²) >= 11 is 0. The second-order valence-electron chi connectivity index (χ2n) is 4.68. The van der Waals surface area contributed by atoms with Crippen LogP contribution in [0.25, 0.3) is 0 Å². The molecule has 1 atom stereocenters. The Kier molecular flexibility index (Phi) is 6.55. The van der Waals surface area contributed by atoms with Gasteiger partial charge >= 0.3 is 12.7 Å². The molecule has 25 heavy (non-hydrogen) atoms. The second kappa shape index (κ2) is 7.83. The standard InChI is InChI=1S/C15H11F6NO2.ClH/c16-14(17,18)23-10-7-5-9(6-8-10)13(22)11-3-1-2-4-12(11)24-15(19,20)21;/h1-8,13H,22H2;1H/t13-;/m1./s1. The zero-order chi connectivity index (χ0) is 18.0. The number of rotatable bonds is 4. The van der Waals surface area contributed by atoms with Crippen LogP contribution in [-0.2, 0) is 0 Å². The first-order valence-electron chi connectivity index (χ1n) is 6.51. The fourth-order valence-electron chi connectivity index (χ4n) is 2.01. The van der Waals surface area contributed by atoms with E-state index in [4.69, 9.17) is 5.73 Å². The van der Waals surface area contributed by atoms with Gasteiger partial charge in [0.25, 0.3) is 0 Å². The van der Waals surface area contributed by atoms with Gasteiger partial charge in [-0.25, -0.2) is 0 Å². The number of benzene rings is 2. The lowest BCUT2D eigenvalue weighted by Crippen LogP contribution is -2.20. The van der Waals surface area contributed by atoms with Gasteiger partial charge in [0.15, 0.2) is 0 Å². The van der Waals surface area contributed by atoms with Crippen molar-refractivity contribution in [3.63, 3.8) is 0 Å². The molecule has 2 rings (SSSR count). The highest BCUT2D eigenvalue weighted by Crippen LogP contribution is 2.33. The van der Waals surface area contributed by atoms with Crippen LogP contribution in [-0.4, -0.2) is 12.7 Å². The number of hydrogen-bond acceptors (Lipinski definition) is 3. The van der Waals surface area contributed by atoms with E-state index >= 15 is 0 Å². The molecule has 3 nitrogen and oxygen atoms in total. The maximum atomic E-state index is 12.4. The minimum absolute atomic E-state index is 0. The molecule has 0 aromatic heterocycles. The topological polar surface area (TPSA) is 44.5 Å². The number of ether oxygens (including phenoxy) is 2. The van der Waals surface area contributed by atoms with Gasteiger partial charge in [-0.1, -0.05) is 30.3 Å². The van der Waals surface area contributed by atoms with Crippen LogP contribution in [0, 0.1) is 0 Å². The van der Waals surface area contributed by atoms with Crippen LogP contribution in [0.4, 0.5) is 26.3 Å². The molecule has 0 spiro atoms. The molecule has 0 heterocycles. The monoisotopic (exact) mass is 387 g/mol. The van der Waals surface area contributed by atoms with Gasteiger partial charge in [0, 0.05) is 5.56 Å². The molecule has 10 heteroatoms. The molecule has 0 aliphatic heterocycles. The van der Waals surface area contributed by atoms with E-state index in [1.54, 1.807) is 0 Å². The number of alkyl halides is 6. The largest absolute Gasteiger partial charge is 0.573 e. The van der Waals surface area contributed by atoms with Crippen LogP contribution in [0.15, 0.2) is 48.5 Å². The quantitative estimate of drug-likeness (QED) is 0.755. The summed E-state index contributed by atoms with van der Waals surface area (Å²) in [7, 11) is 0. The Balaban J connectivity index is 0.00000312. The molecule has 2 aromatic carbocycles. The maximum Gasteiger partial charge on any atom is 0.573 e. The third-order valence-electron chi connectivity index (χ3n) is 2.95. The maximum absolute atomic E-state index is 12.4. The lowest BCUT2D eigenvalue weighted by Gasteiger charge is -2.18. The van der Waals surface area contributed by atoms with E-state index in [2.05, 4.69) is 9.47 Å². The summed E-state index contributed by atoms with van der Waals surface area (Å²) in [5.41, 5.74) is 6.24. The first kappa shape index (κ1) is 20.9. The van der Waals surface area contributed by atoms with Gasteiger partial charge < -0.3 is 15.2 Å². The average molecular weight is 388 g/mol. The van der Waals surface area contributed by atoms with E-state index in [9.17, 15) is 26.3 Å². The van der Waals surface area contributed by atoms with Crippen LogP contribution in [0.3, 0.4) is 0 Å². The molecule has 0 bridgehead atoms. The molecule has 0 aliphatic carbocycles. The van der Waals surface area contributed by atoms with E-state index in [1.807, 2.05) is 0 Å². The average Bonchev–Trinajstić information content (AvgIpc) is 2.44. The number of nitrogens with two attached hydrogens (primary N) is 1. The van der Waals surface area contributed by atoms with E-state index < -0.39 is 30.3 Å². The Labute approximate surface area is 144 Å². The minimum Gasteiger partial charge on any atom is -0.406 e. The molecule has 0 aliphatic rings. The van der Waals surface area contributed by atoms with Crippen molar-refractivity contribution >= 4 is 12.4 Å². The first-order valence-corrected chi connectivity index (χ1v) is 6.51. The predicted octanol–water partition coefficient (Wildman–Crippen LogP) is 4.95. The smallest absolute Gasteiger partial charge is 0.406 e. The highest BCUT2D eigenvalue weighted by atomic mass is 35.5. The van der Waals surface area contributed by atoms with Gasteiger partial charge in [-0.05, 0) is 23.8 Å². The summed E-state index contributed by atoms with van der Waals surface area (Å²) in [5, 5.41) is 0. The van der Waals surface area contributed by atoms with Crippen molar-refractivity contribution in [2.75, 3.05) is 0 Å². The zero-order valence-corrected chi connectivity index (χ0v) is 13.1. The van der Waals surface area contributed by atoms with E-state index in [-0.39, 0.29) is 18.0 Å². The molecule has 0 radical (unpaired) electrons. The van der Waals surface area contributed by atoms with Gasteiger partial charge in [-0.3, -0.25) is 0 Å². The SMILES string of the molecule is Cl.N[C@H](c1ccc(OC(F)(F)F)cc1)c1ccccc1OC(F)(F)F. The molecule has 2 N–H and O–H groups in total. The molecule has 138 valence electrons. The van der Waals surface area contributed by atoms with Crippen molar-refractivity contribution in [3.8, 4) is 11.5 Å². The zero-order valence-electron chi connectivity index (χ0n) is 12.3. The summed E-state index contributed by atoms with van der Waals surface area (Å²) < 4.78 is 81.2. The fourth-order valence-corrected chi connectivity index (χ4v) is 2.01. The molecule has 0 fully saturated rings. The molecule has 2 aromatic rings. The van der Waals surface area contributed by atoms with Crippen molar-refractivity contribution in [3.05, 3.63) is 59.7 Å². The van der Waals surface area contributed by atoms with E-state index in [0.717, 1.165) is 18.2 Å². The summed E-state index contributed by atoms with van der Waals surface area (Å²) in [4.78, 5) is 0. The van der Waals surface area contributed by atoms with Gasteiger partial charge in [0.2, 0.25) is 0 Å². The van der Waals surface area contributed by atoms with Crippen molar-refractivity contribution in [1.82, 2.24) is 0 Å². The lowest BCUT2D eigenvalue weighted by atomic mass is 9.99. The van der Waals surface area contributed by atoms with Crippen LogP contribution in [0.1, 0.15) is 17.2 Å². The highest BCUT2D eigenvalue weighted by molar-refractivity contribution is 5.85. The Morgan fingerprint density at radius 2 is 1.28 bits per heavy atom. The Hall–Kier alpha value is -2.13. The van der Waals surface area contributed by atoms with Gasteiger partial charge in [-0.2, -0.15) is 0 Å². The van der Waals surface area contributed by atoms with Crippen molar-refractivity contribution in [1.29, 1.82) is 0 Å². The van der Waals surface area contributed by atoms with Crippen LogP contribution >= 0.6 is 12.4 Å². The number of halogens is 7. The number of para-hydroxylation sites is 1. The van der Waals surface area contributed by atoms with Crippen LogP contribution in [0.2, 0.25) is 0 Å². The van der Waals surface area contributed by atoms with Crippen molar-refractivity contribution in [2.45, 2.75) is 18.8 Å². The highest BCUT2D eigenvalue weighted by Gasteiger charge is 2.33. The van der Waals surface area contributed by atoms with Crippen LogP contribution < -0.4 is 15.2 Å². The van der Waals surface area contributed by atoms with E-state index in [1.165, 1.54) is 30.3 Å². The van der Waals surface area contributed by atoms with Crippen molar-refractivity contribution in [2.24, 2.45) is 5.73 Å². The normalized spacial score (nSPS) is 12.9. The fraction of sp³-hybridized carbons (Fsp3) is 0.200. The molecule has 0 amide bonds. The lowest BCUT2D eigenvalue weighted by molar-refractivity contribution is -0.275. The third-order valence-corrected chi connectivity index (χ3v) is 2.95. The molecular formula is C15H12ClF6NO2. The Morgan fingerprint density at radius 1 is 0.760 bits per heavy atom. The molecule has 0 saturated heterocycles. The summed E-state index contributed by atoms with van der Waals surface area (Å²) in [6, 6.07) is 8.74. The molecule has 0 unspecified atom stereocenters. The number of hydrogen-bond donors (Lipinski definition) is 1. The molecule has 0 saturated carbocycles. The third kappa shape index (κ3) is 6.35. The Morgan fingerprint density at radius 3 is 1.80 bits per heavy atom. The van der Waals surface area contributed by atoms with E-state index in [0.29, 0.717) is 5.56 Å². The second-order valence-corrected chi connectivity index (χ2v) is 4.68. The summed E-state index contributed by atoms with van der Waals surface area (Å²) in [6.45, 7) is 0. The van der Waals surface area contributed by atoms with Gasteiger partial charge in [0.05, 0.1) is 6.04 Å². The Bertz CT molecular complexity index is 688. The first-order chi connectivity index (χ1) is 11.1. The predicted molar refractivity (Wildman–Crippen MR) is 79.5 cm³/mol. The minimum atomic E-state index is -4.89. The summed E-state index contributed by atoms with van der Waals surface area (Å²) in [5.74, 6) is -0.939. The van der Waals surface area contributed by atoms with Gasteiger partial charge in [-0.15, -0.1) is 38.7 Å². The van der Waals surface area contributed by atoms with Crippen molar-refractivity contribution < 1.29 is 35.8 Å².